The normalized spacial score (nSPS) is 9.80. The Balaban J connectivity index is 2.52. The first kappa shape index (κ1) is 13.8. The van der Waals surface area contributed by atoms with Crippen molar-refractivity contribution < 1.29 is 9.72 Å². The molecular weight excluding hydrogens is 278 g/mol. The van der Waals surface area contributed by atoms with Crippen molar-refractivity contribution in [3.05, 3.63) is 74.3 Å². The monoisotopic (exact) mass is 285 g/mol. The smallest absolute Gasteiger partial charge is 0.288 e. The van der Waals surface area contributed by atoms with Crippen molar-refractivity contribution in [2.75, 3.05) is 0 Å². The lowest BCUT2D eigenvalue weighted by Crippen LogP contribution is -2.04. The number of hydrogen-bond acceptors (Lipinski definition) is 3. The van der Waals surface area contributed by atoms with Crippen LogP contribution in [-0.4, -0.2) is 10.7 Å². The summed E-state index contributed by atoms with van der Waals surface area (Å²) in [6, 6.07) is 10.5. The van der Waals surface area contributed by atoms with Gasteiger partial charge < -0.3 is 0 Å². The molecule has 0 unspecified atom stereocenters. The Morgan fingerprint density at radius 3 is 2.60 bits per heavy atom. The highest BCUT2D eigenvalue weighted by molar-refractivity contribution is 6.32. The van der Waals surface area contributed by atoms with E-state index in [-0.39, 0.29) is 22.1 Å². The third-order valence-corrected chi connectivity index (χ3v) is 3.05. The molecule has 0 saturated heterocycles. The molecule has 2 aromatic rings. The van der Waals surface area contributed by atoms with Crippen molar-refractivity contribution in [3.63, 3.8) is 0 Å². The minimum Gasteiger partial charge on any atom is -0.289 e. The van der Waals surface area contributed by atoms with Gasteiger partial charge in [-0.15, -0.1) is 6.42 Å². The van der Waals surface area contributed by atoms with Gasteiger partial charge in [-0.25, -0.2) is 0 Å². The molecule has 0 atom stereocenters. The highest BCUT2D eigenvalue weighted by Crippen LogP contribution is 2.26. The fourth-order valence-corrected chi connectivity index (χ4v) is 1.94. The van der Waals surface area contributed by atoms with Gasteiger partial charge in [0.2, 0.25) is 0 Å². The highest BCUT2D eigenvalue weighted by Gasteiger charge is 2.18. The van der Waals surface area contributed by atoms with Gasteiger partial charge in [0.05, 0.1) is 4.92 Å². The van der Waals surface area contributed by atoms with E-state index in [2.05, 4.69) is 5.92 Å². The van der Waals surface area contributed by atoms with Crippen molar-refractivity contribution in [2.45, 2.75) is 0 Å². The van der Waals surface area contributed by atoms with Crippen LogP contribution in [-0.2, 0) is 0 Å². The van der Waals surface area contributed by atoms with Crippen LogP contribution in [0.15, 0.2) is 42.5 Å². The first-order chi connectivity index (χ1) is 9.54. The van der Waals surface area contributed by atoms with E-state index >= 15 is 0 Å². The van der Waals surface area contributed by atoms with E-state index in [1.807, 2.05) is 0 Å². The SMILES string of the molecule is C#Cc1ccccc1C(=O)c1ccc(Cl)c([N+](=O)[O-])c1. The highest BCUT2D eigenvalue weighted by atomic mass is 35.5. The zero-order valence-electron chi connectivity index (χ0n) is 10.2. The fraction of sp³-hybridized carbons (Fsp3) is 0. The number of halogens is 1. The fourth-order valence-electron chi connectivity index (χ4n) is 1.76. The molecule has 0 spiro atoms. The minimum absolute atomic E-state index is 0.0169. The number of ketones is 1. The second-order valence-electron chi connectivity index (χ2n) is 3.94. The van der Waals surface area contributed by atoms with E-state index in [4.69, 9.17) is 18.0 Å². The van der Waals surface area contributed by atoms with Gasteiger partial charge in [0.1, 0.15) is 5.02 Å². The van der Waals surface area contributed by atoms with Crippen LogP contribution < -0.4 is 0 Å². The molecule has 0 aliphatic heterocycles. The number of benzene rings is 2. The number of hydrogen-bond donors (Lipinski definition) is 0. The number of carbonyl (C=O) groups is 1. The molecule has 0 heterocycles. The second kappa shape index (κ2) is 5.55. The van der Waals surface area contributed by atoms with Gasteiger partial charge in [0, 0.05) is 22.8 Å². The van der Waals surface area contributed by atoms with E-state index in [1.165, 1.54) is 12.1 Å². The topological polar surface area (TPSA) is 60.2 Å². The van der Waals surface area contributed by atoms with E-state index in [1.54, 1.807) is 24.3 Å². The molecule has 0 saturated carbocycles. The predicted molar refractivity (Wildman–Crippen MR) is 75.9 cm³/mol. The average Bonchev–Trinajstić information content (AvgIpc) is 2.46. The summed E-state index contributed by atoms with van der Waals surface area (Å²) >= 11 is 5.72. The molecule has 0 radical (unpaired) electrons. The van der Waals surface area contributed by atoms with Crippen molar-refractivity contribution in [3.8, 4) is 12.3 Å². The minimum atomic E-state index is -0.633. The zero-order valence-corrected chi connectivity index (χ0v) is 10.9. The summed E-state index contributed by atoms with van der Waals surface area (Å²) in [5, 5.41) is 10.8. The number of nitro groups is 1. The predicted octanol–water partition coefficient (Wildman–Crippen LogP) is 3.46. The van der Waals surface area contributed by atoms with Gasteiger partial charge in [0.15, 0.2) is 5.78 Å². The lowest BCUT2D eigenvalue weighted by molar-refractivity contribution is -0.384. The Labute approximate surface area is 120 Å². The zero-order chi connectivity index (χ0) is 14.7. The average molecular weight is 286 g/mol. The lowest BCUT2D eigenvalue weighted by atomic mass is 9.98. The molecule has 0 N–H and O–H groups in total. The van der Waals surface area contributed by atoms with Crippen molar-refractivity contribution in [1.82, 2.24) is 0 Å². The Morgan fingerprint density at radius 2 is 1.95 bits per heavy atom. The van der Waals surface area contributed by atoms with E-state index in [0.717, 1.165) is 6.07 Å². The van der Waals surface area contributed by atoms with Crippen LogP contribution in [0.25, 0.3) is 0 Å². The van der Waals surface area contributed by atoms with Crippen LogP contribution >= 0.6 is 11.6 Å². The Hall–Kier alpha value is -2.64. The van der Waals surface area contributed by atoms with Crippen molar-refractivity contribution in [2.24, 2.45) is 0 Å². The molecule has 5 heteroatoms. The number of nitrogens with zero attached hydrogens (tertiary/aromatic N) is 1. The van der Waals surface area contributed by atoms with Crippen LogP contribution in [0.4, 0.5) is 5.69 Å². The molecule has 2 aromatic carbocycles. The quantitative estimate of drug-likeness (QED) is 0.375. The van der Waals surface area contributed by atoms with Gasteiger partial charge in [-0.2, -0.15) is 0 Å². The number of rotatable bonds is 3. The van der Waals surface area contributed by atoms with Crippen LogP contribution in [0.1, 0.15) is 21.5 Å². The first-order valence-corrected chi connectivity index (χ1v) is 5.96. The third-order valence-electron chi connectivity index (χ3n) is 2.73. The largest absolute Gasteiger partial charge is 0.289 e. The third kappa shape index (κ3) is 2.53. The van der Waals surface area contributed by atoms with E-state index in [9.17, 15) is 14.9 Å². The van der Waals surface area contributed by atoms with Crippen LogP contribution in [0.2, 0.25) is 5.02 Å². The second-order valence-corrected chi connectivity index (χ2v) is 4.35. The summed E-state index contributed by atoms with van der Waals surface area (Å²) in [5.41, 5.74) is 0.626. The molecule has 4 nitrogen and oxygen atoms in total. The van der Waals surface area contributed by atoms with Crippen LogP contribution in [0, 0.1) is 22.5 Å². The Morgan fingerprint density at radius 1 is 1.25 bits per heavy atom. The van der Waals surface area contributed by atoms with Gasteiger partial charge in [-0.05, 0) is 24.3 Å². The van der Waals surface area contributed by atoms with Gasteiger partial charge in [-0.3, -0.25) is 14.9 Å². The maximum atomic E-state index is 12.4. The molecule has 0 amide bonds. The Kier molecular flexibility index (Phi) is 3.83. The van der Waals surface area contributed by atoms with Gasteiger partial charge in [-0.1, -0.05) is 29.7 Å². The summed E-state index contributed by atoms with van der Waals surface area (Å²) in [6.07, 6.45) is 5.34. The molecule has 0 aliphatic carbocycles. The lowest BCUT2D eigenvalue weighted by Gasteiger charge is -2.04. The number of nitro benzene ring substituents is 1. The van der Waals surface area contributed by atoms with Gasteiger partial charge >= 0.3 is 0 Å². The summed E-state index contributed by atoms with van der Waals surface area (Å²) < 4.78 is 0. The van der Waals surface area contributed by atoms with Crippen molar-refractivity contribution >= 4 is 23.1 Å². The molecule has 2 rings (SSSR count). The molecular formula is C15H8ClNO3. The summed E-state index contributed by atoms with van der Waals surface area (Å²) in [7, 11) is 0. The van der Waals surface area contributed by atoms with Gasteiger partial charge in [0.25, 0.3) is 5.69 Å². The molecule has 20 heavy (non-hydrogen) atoms. The number of carbonyl (C=O) groups excluding carboxylic acids is 1. The molecule has 0 aliphatic rings. The van der Waals surface area contributed by atoms with Crippen LogP contribution in [0.5, 0.6) is 0 Å². The Bertz CT molecular complexity index is 747. The summed E-state index contributed by atoms with van der Waals surface area (Å²) in [5.74, 6) is 2.04. The van der Waals surface area contributed by atoms with E-state index in [0.29, 0.717) is 11.1 Å². The molecule has 98 valence electrons. The van der Waals surface area contributed by atoms with Crippen molar-refractivity contribution in [1.29, 1.82) is 0 Å². The molecule has 0 bridgehead atoms. The molecule has 0 fully saturated rings. The standard InChI is InChI=1S/C15H8ClNO3/c1-2-10-5-3-4-6-12(10)15(18)11-7-8-13(16)14(9-11)17(19)20/h1,3-9H. The summed E-state index contributed by atoms with van der Waals surface area (Å²) in [4.78, 5) is 22.6. The van der Waals surface area contributed by atoms with Crippen LogP contribution in [0.3, 0.4) is 0 Å². The van der Waals surface area contributed by atoms with E-state index < -0.39 is 4.92 Å². The maximum absolute atomic E-state index is 12.4. The number of terminal acetylenes is 1. The summed E-state index contributed by atoms with van der Waals surface area (Å²) in [6.45, 7) is 0. The molecule has 0 aromatic heterocycles. The first-order valence-electron chi connectivity index (χ1n) is 5.59. The maximum Gasteiger partial charge on any atom is 0.288 e.